The lowest BCUT2D eigenvalue weighted by Gasteiger charge is -2.34. The molecule has 8 heteroatoms. The Morgan fingerprint density at radius 1 is 1.05 bits per heavy atom. The van der Waals surface area contributed by atoms with E-state index in [1.54, 1.807) is 10.8 Å². The predicted molar refractivity (Wildman–Crippen MR) is 150 cm³/mol. The molecule has 1 saturated carbocycles. The van der Waals surface area contributed by atoms with Gasteiger partial charge in [0.2, 0.25) is 5.91 Å². The van der Waals surface area contributed by atoms with Gasteiger partial charge in [-0.15, -0.1) is 0 Å². The number of amides is 3. The molecule has 200 valence electrons. The molecule has 2 aromatic carbocycles. The highest BCUT2D eigenvalue weighted by Gasteiger charge is 2.43. The average Bonchev–Trinajstić information content (AvgIpc) is 3.60. The largest absolute Gasteiger partial charge is 0.352 e. The van der Waals surface area contributed by atoms with Crippen molar-refractivity contribution < 1.29 is 9.59 Å². The van der Waals surface area contributed by atoms with E-state index >= 15 is 0 Å². The summed E-state index contributed by atoms with van der Waals surface area (Å²) in [5, 5.41) is 10.5. The maximum atomic E-state index is 13.1. The highest BCUT2D eigenvalue weighted by molar-refractivity contribution is 5.83. The van der Waals surface area contributed by atoms with Gasteiger partial charge in [-0.3, -0.25) is 4.79 Å². The van der Waals surface area contributed by atoms with Gasteiger partial charge < -0.3 is 15.5 Å². The molecule has 2 aromatic heterocycles. The smallest absolute Gasteiger partial charge is 0.318 e. The van der Waals surface area contributed by atoms with Crippen LogP contribution < -0.4 is 10.6 Å². The number of carbonyl (C=O) groups is 2. The van der Waals surface area contributed by atoms with Crippen LogP contribution in [0.1, 0.15) is 55.4 Å². The molecule has 0 saturated heterocycles. The molecule has 3 heterocycles. The Morgan fingerprint density at radius 3 is 2.67 bits per heavy atom. The zero-order valence-corrected chi connectivity index (χ0v) is 22.6. The van der Waals surface area contributed by atoms with Crippen LogP contribution in [-0.4, -0.2) is 43.5 Å². The van der Waals surface area contributed by atoms with Crippen molar-refractivity contribution in [2.45, 2.75) is 58.2 Å². The van der Waals surface area contributed by atoms with Gasteiger partial charge >= 0.3 is 6.03 Å². The summed E-state index contributed by atoms with van der Waals surface area (Å²) in [6, 6.07) is 18.5. The number of nitrogens with one attached hydrogen (secondary N) is 2. The van der Waals surface area contributed by atoms with Gasteiger partial charge in [0.1, 0.15) is 6.33 Å². The molecular weight excluding hydrogens is 488 g/mol. The maximum Gasteiger partial charge on any atom is 0.318 e. The zero-order valence-electron chi connectivity index (χ0n) is 22.6. The van der Waals surface area contributed by atoms with E-state index in [0.29, 0.717) is 25.6 Å². The first kappa shape index (κ1) is 25.1. The standard InChI is InChI=1S/C31H34N6O2/c1-31(2,3)35-30(39)36-13-12-24-23(21-11-14-37-28(15-21)33-19-34-37)10-9-22(27(24)18-36)17-32-29(38)26-16-25(26)20-7-5-4-6-8-20/h4-11,14-15,19,25-26H,12-13,16-18H2,1-3H3,(H,32,38)(H,35,39)/t25-,26?/m1/s1. The highest BCUT2D eigenvalue weighted by atomic mass is 16.2. The van der Waals surface area contributed by atoms with E-state index in [2.05, 4.69) is 45.0 Å². The molecule has 0 bridgehead atoms. The first-order valence-corrected chi connectivity index (χ1v) is 13.6. The van der Waals surface area contributed by atoms with Crippen LogP contribution in [0.25, 0.3) is 16.8 Å². The van der Waals surface area contributed by atoms with E-state index in [-0.39, 0.29) is 23.4 Å². The van der Waals surface area contributed by atoms with Crippen LogP contribution in [0, 0.1) is 5.92 Å². The van der Waals surface area contributed by atoms with Gasteiger partial charge in [0.25, 0.3) is 0 Å². The van der Waals surface area contributed by atoms with E-state index < -0.39 is 0 Å². The molecule has 2 atom stereocenters. The quantitative estimate of drug-likeness (QED) is 0.398. The first-order chi connectivity index (χ1) is 18.8. The van der Waals surface area contributed by atoms with Gasteiger partial charge in [-0.1, -0.05) is 42.5 Å². The van der Waals surface area contributed by atoms with Gasteiger partial charge in [-0.05, 0) is 85.0 Å². The van der Waals surface area contributed by atoms with E-state index in [1.807, 2.05) is 62.2 Å². The molecular formula is C31H34N6O2. The molecule has 8 nitrogen and oxygen atoms in total. The molecule has 0 radical (unpaired) electrons. The summed E-state index contributed by atoms with van der Waals surface area (Å²) >= 11 is 0. The molecule has 0 spiro atoms. The van der Waals surface area contributed by atoms with Crippen molar-refractivity contribution >= 4 is 17.6 Å². The average molecular weight is 523 g/mol. The summed E-state index contributed by atoms with van der Waals surface area (Å²) < 4.78 is 1.75. The van der Waals surface area contributed by atoms with Crippen molar-refractivity contribution in [1.29, 1.82) is 0 Å². The van der Waals surface area contributed by atoms with Crippen molar-refractivity contribution in [1.82, 2.24) is 30.1 Å². The van der Waals surface area contributed by atoms with Crippen LogP contribution in [0.4, 0.5) is 4.79 Å². The Labute approximate surface area is 228 Å². The van der Waals surface area contributed by atoms with Crippen LogP contribution in [-0.2, 0) is 24.3 Å². The fraction of sp³-hybridized carbons (Fsp3) is 0.355. The summed E-state index contributed by atoms with van der Waals surface area (Å²) in [4.78, 5) is 32.3. The summed E-state index contributed by atoms with van der Waals surface area (Å²) in [5.74, 6) is 0.412. The zero-order chi connectivity index (χ0) is 27.1. The van der Waals surface area contributed by atoms with Crippen LogP contribution >= 0.6 is 0 Å². The van der Waals surface area contributed by atoms with Gasteiger partial charge in [0.05, 0.1) is 0 Å². The summed E-state index contributed by atoms with van der Waals surface area (Å²) in [5.41, 5.74) is 7.28. The molecule has 1 fully saturated rings. The van der Waals surface area contributed by atoms with Crippen molar-refractivity contribution in [3.8, 4) is 11.1 Å². The van der Waals surface area contributed by atoms with Gasteiger partial charge in [-0.25, -0.2) is 14.3 Å². The van der Waals surface area contributed by atoms with Crippen molar-refractivity contribution in [2.24, 2.45) is 5.92 Å². The van der Waals surface area contributed by atoms with Crippen molar-refractivity contribution in [3.63, 3.8) is 0 Å². The number of hydrogen-bond acceptors (Lipinski definition) is 4. The number of nitrogens with zero attached hydrogens (tertiary/aromatic N) is 4. The second-order valence-corrected chi connectivity index (χ2v) is 11.6. The topological polar surface area (TPSA) is 91.6 Å². The number of aromatic nitrogens is 3. The second-order valence-electron chi connectivity index (χ2n) is 11.6. The Kier molecular flexibility index (Phi) is 6.33. The van der Waals surface area contributed by atoms with Gasteiger partial charge in [0, 0.05) is 37.3 Å². The van der Waals surface area contributed by atoms with Crippen LogP contribution in [0.3, 0.4) is 0 Å². The number of benzene rings is 2. The normalized spacial score (nSPS) is 18.5. The van der Waals surface area contributed by atoms with Crippen molar-refractivity contribution in [2.75, 3.05) is 6.54 Å². The number of hydrogen-bond donors (Lipinski definition) is 2. The van der Waals surface area contributed by atoms with Crippen LogP contribution in [0.5, 0.6) is 0 Å². The minimum absolute atomic E-state index is 0.0199. The van der Waals surface area contributed by atoms with E-state index in [4.69, 9.17) is 0 Å². The summed E-state index contributed by atoms with van der Waals surface area (Å²) in [6.45, 7) is 7.54. The lowest BCUT2D eigenvalue weighted by Crippen LogP contribution is -2.50. The number of rotatable bonds is 5. The monoisotopic (exact) mass is 522 g/mol. The fourth-order valence-electron chi connectivity index (χ4n) is 5.60. The van der Waals surface area contributed by atoms with Gasteiger partial charge in [-0.2, -0.15) is 5.10 Å². The minimum atomic E-state index is -0.316. The number of pyridine rings is 1. The highest BCUT2D eigenvalue weighted by Crippen LogP contribution is 2.47. The van der Waals surface area contributed by atoms with Crippen LogP contribution in [0.15, 0.2) is 67.1 Å². The van der Waals surface area contributed by atoms with Gasteiger partial charge in [0.15, 0.2) is 5.65 Å². The molecule has 6 rings (SSSR count). The summed E-state index contributed by atoms with van der Waals surface area (Å²) in [6.07, 6.45) is 5.09. The Morgan fingerprint density at radius 2 is 1.87 bits per heavy atom. The molecule has 4 aromatic rings. The second kappa shape index (κ2) is 9.84. The number of urea groups is 1. The first-order valence-electron chi connectivity index (χ1n) is 13.6. The predicted octanol–water partition coefficient (Wildman–Crippen LogP) is 4.68. The lowest BCUT2D eigenvalue weighted by atomic mass is 9.87. The molecule has 1 unspecified atom stereocenters. The van der Waals surface area contributed by atoms with E-state index in [0.717, 1.165) is 40.7 Å². The third kappa shape index (κ3) is 5.24. The third-order valence-electron chi connectivity index (χ3n) is 7.68. The van der Waals surface area contributed by atoms with Crippen molar-refractivity contribution in [3.05, 3.63) is 89.4 Å². The molecule has 1 aliphatic heterocycles. The number of fused-ring (bicyclic) bond motifs is 2. The Balaban J connectivity index is 1.26. The SMILES string of the molecule is CC(C)(C)NC(=O)N1CCc2c(-c3ccn4ncnc4c3)ccc(CNC(=O)C3C[C@@H]3c3ccccc3)c2C1. The molecule has 39 heavy (non-hydrogen) atoms. The fourth-order valence-corrected chi connectivity index (χ4v) is 5.60. The third-order valence-corrected chi connectivity index (χ3v) is 7.68. The lowest BCUT2D eigenvalue weighted by molar-refractivity contribution is -0.122. The summed E-state index contributed by atoms with van der Waals surface area (Å²) in [7, 11) is 0. The molecule has 2 N–H and O–H groups in total. The maximum absolute atomic E-state index is 13.1. The van der Waals surface area contributed by atoms with Crippen LogP contribution in [0.2, 0.25) is 0 Å². The van der Waals surface area contributed by atoms with E-state index in [9.17, 15) is 9.59 Å². The molecule has 1 aliphatic carbocycles. The van der Waals surface area contributed by atoms with E-state index in [1.165, 1.54) is 11.1 Å². The number of carbonyl (C=O) groups excluding carboxylic acids is 2. The Hall–Kier alpha value is -4.20. The molecule has 3 amide bonds. The molecule has 2 aliphatic rings. The minimum Gasteiger partial charge on any atom is -0.352 e. The Bertz CT molecular complexity index is 1540.